The molecular formula is C13H27N3O2. The van der Waals surface area contributed by atoms with Crippen molar-refractivity contribution in [3.05, 3.63) is 0 Å². The van der Waals surface area contributed by atoms with Crippen molar-refractivity contribution in [3.8, 4) is 0 Å². The van der Waals surface area contributed by atoms with Crippen LogP contribution in [0, 0.1) is 5.92 Å². The van der Waals surface area contributed by atoms with Gasteiger partial charge in [0.2, 0.25) is 11.8 Å². The number of nitrogens with two attached hydrogens (primary N) is 1. The molecule has 1 atom stereocenters. The zero-order valence-electron chi connectivity index (χ0n) is 12.3. The first-order valence-electron chi connectivity index (χ1n) is 6.54. The SMILES string of the molecule is CCCN(CC(=O)N(C)C)C(=O)C(N)CC(C)C. The zero-order valence-corrected chi connectivity index (χ0v) is 12.3. The highest BCUT2D eigenvalue weighted by Gasteiger charge is 2.23. The lowest BCUT2D eigenvalue weighted by Gasteiger charge is -2.26. The second kappa shape index (κ2) is 8.08. The number of hydrogen-bond donors (Lipinski definition) is 1. The van der Waals surface area contributed by atoms with Crippen molar-refractivity contribution in [2.75, 3.05) is 27.2 Å². The lowest BCUT2D eigenvalue weighted by molar-refractivity contribution is -0.140. The van der Waals surface area contributed by atoms with Crippen LogP contribution in [0.4, 0.5) is 0 Å². The summed E-state index contributed by atoms with van der Waals surface area (Å²) in [5, 5.41) is 0. The Hall–Kier alpha value is -1.10. The maximum atomic E-state index is 12.2. The van der Waals surface area contributed by atoms with Crippen LogP contribution >= 0.6 is 0 Å². The summed E-state index contributed by atoms with van der Waals surface area (Å²) in [5.74, 6) is 0.172. The molecule has 0 saturated carbocycles. The van der Waals surface area contributed by atoms with Crippen LogP contribution in [0.15, 0.2) is 0 Å². The molecule has 2 N–H and O–H groups in total. The van der Waals surface area contributed by atoms with Gasteiger partial charge in [0.15, 0.2) is 0 Å². The van der Waals surface area contributed by atoms with Crippen LogP contribution in [0.2, 0.25) is 0 Å². The minimum absolute atomic E-state index is 0.0754. The first-order chi connectivity index (χ1) is 8.29. The molecule has 0 aliphatic carbocycles. The molecule has 0 aromatic heterocycles. The third-order valence-electron chi connectivity index (χ3n) is 2.67. The van der Waals surface area contributed by atoms with Gasteiger partial charge >= 0.3 is 0 Å². The fourth-order valence-corrected chi connectivity index (χ4v) is 1.68. The number of carbonyl (C=O) groups is 2. The number of nitrogens with zero attached hydrogens (tertiary/aromatic N) is 2. The van der Waals surface area contributed by atoms with Crippen molar-refractivity contribution in [1.29, 1.82) is 0 Å². The van der Waals surface area contributed by atoms with E-state index in [0.717, 1.165) is 6.42 Å². The van der Waals surface area contributed by atoms with Gasteiger partial charge in [0, 0.05) is 20.6 Å². The molecule has 2 amide bonds. The number of amides is 2. The molecule has 0 aromatic carbocycles. The van der Waals surface area contributed by atoms with Crippen molar-refractivity contribution >= 4 is 11.8 Å². The van der Waals surface area contributed by atoms with Crippen LogP contribution in [0.1, 0.15) is 33.6 Å². The Bertz CT molecular complexity index is 277. The van der Waals surface area contributed by atoms with E-state index in [1.54, 1.807) is 19.0 Å². The van der Waals surface area contributed by atoms with E-state index < -0.39 is 6.04 Å². The van der Waals surface area contributed by atoms with Gasteiger partial charge < -0.3 is 15.5 Å². The molecule has 0 rings (SSSR count). The van der Waals surface area contributed by atoms with Crippen molar-refractivity contribution in [3.63, 3.8) is 0 Å². The molecule has 0 saturated heterocycles. The van der Waals surface area contributed by atoms with Gasteiger partial charge in [0.05, 0.1) is 12.6 Å². The molecule has 0 aliphatic heterocycles. The molecule has 5 nitrogen and oxygen atoms in total. The fourth-order valence-electron chi connectivity index (χ4n) is 1.68. The van der Waals surface area contributed by atoms with Crippen LogP contribution < -0.4 is 5.73 Å². The quantitative estimate of drug-likeness (QED) is 0.729. The van der Waals surface area contributed by atoms with Gasteiger partial charge in [-0.05, 0) is 18.8 Å². The summed E-state index contributed by atoms with van der Waals surface area (Å²) in [6, 6.07) is -0.508. The summed E-state index contributed by atoms with van der Waals surface area (Å²) in [6.45, 7) is 6.73. The van der Waals surface area contributed by atoms with Crippen LogP contribution in [0.5, 0.6) is 0 Å². The largest absolute Gasteiger partial charge is 0.347 e. The molecule has 0 fully saturated rings. The summed E-state index contributed by atoms with van der Waals surface area (Å²) in [4.78, 5) is 26.9. The molecule has 0 heterocycles. The van der Waals surface area contributed by atoms with E-state index >= 15 is 0 Å². The summed E-state index contributed by atoms with van der Waals surface area (Å²) in [5.41, 5.74) is 5.89. The summed E-state index contributed by atoms with van der Waals surface area (Å²) >= 11 is 0. The third-order valence-corrected chi connectivity index (χ3v) is 2.67. The van der Waals surface area contributed by atoms with Crippen molar-refractivity contribution in [2.24, 2.45) is 11.7 Å². The summed E-state index contributed by atoms with van der Waals surface area (Å²) in [7, 11) is 3.37. The highest BCUT2D eigenvalue weighted by Crippen LogP contribution is 2.06. The molecule has 0 aliphatic rings. The van der Waals surface area contributed by atoms with E-state index in [2.05, 4.69) is 0 Å². The van der Waals surface area contributed by atoms with E-state index in [-0.39, 0.29) is 18.4 Å². The first kappa shape index (κ1) is 16.9. The highest BCUT2D eigenvalue weighted by atomic mass is 16.2. The maximum Gasteiger partial charge on any atom is 0.241 e. The Balaban J connectivity index is 4.57. The molecule has 0 aromatic rings. The monoisotopic (exact) mass is 257 g/mol. The Labute approximate surface area is 110 Å². The lowest BCUT2D eigenvalue weighted by Crippen LogP contribution is -2.48. The van der Waals surface area contributed by atoms with Gasteiger partial charge in [-0.25, -0.2) is 0 Å². The van der Waals surface area contributed by atoms with Crippen molar-refractivity contribution < 1.29 is 9.59 Å². The number of carbonyl (C=O) groups excluding carboxylic acids is 2. The first-order valence-corrected chi connectivity index (χ1v) is 6.54. The van der Waals surface area contributed by atoms with Crippen LogP contribution in [-0.4, -0.2) is 54.8 Å². The predicted molar refractivity (Wildman–Crippen MR) is 73.0 cm³/mol. The van der Waals surface area contributed by atoms with Crippen LogP contribution in [-0.2, 0) is 9.59 Å². The molecule has 5 heteroatoms. The van der Waals surface area contributed by atoms with E-state index in [9.17, 15) is 9.59 Å². The second-order valence-corrected chi connectivity index (χ2v) is 5.28. The van der Waals surface area contributed by atoms with Crippen molar-refractivity contribution in [2.45, 2.75) is 39.7 Å². The smallest absolute Gasteiger partial charge is 0.241 e. The van der Waals surface area contributed by atoms with E-state index in [1.807, 2.05) is 20.8 Å². The number of rotatable bonds is 7. The Morgan fingerprint density at radius 3 is 2.17 bits per heavy atom. The van der Waals surface area contributed by atoms with E-state index in [1.165, 1.54) is 4.90 Å². The Morgan fingerprint density at radius 1 is 1.22 bits per heavy atom. The highest BCUT2D eigenvalue weighted by molar-refractivity contribution is 5.87. The molecule has 18 heavy (non-hydrogen) atoms. The van der Waals surface area contributed by atoms with E-state index in [0.29, 0.717) is 18.9 Å². The topological polar surface area (TPSA) is 66.6 Å². The van der Waals surface area contributed by atoms with Gasteiger partial charge in [-0.3, -0.25) is 9.59 Å². The minimum Gasteiger partial charge on any atom is -0.347 e. The Morgan fingerprint density at radius 2 is 1.78 bits per heavy atom. The van der Waals surface area contributed by atoms with Gasteiger partial charge in [-0.15, -0.1) is 0 Å². The molecule has 0 radical (unpaired) electrons. The van der Waals surface area contributed by atoms with Gasteiger partial charge in [0.25, 0.3) is 0 Å². The van der Waals surface area contributed by atoms with Gasteiger partial charge in [0.1, 0.15) is 0 Å². The predicted octanol–water partition coefficient (Wildman–Crippen LogP) is 0.687. The van der Waals surface area contributed by atoms with Gasteiger partial charge in [-0.2, -0.15) is 0 Å². The Kier molecular flexibility index (Phi) is 7.59. The molecule has 0 spiro atoms. The molecule has 0 bridgehead atoms. The minimum atomic E-state index is -0.508. The standard InChI is InChI=1S/C13H27N3O2/c1-6-7-16(9-12(17)15(4)5)13(18)11(14)8-10(2)3/h10-11H,6-9,14H2,1-5H3. The fraction of sp³-hybridized carbons (Fsp3) is 0.846. The molecule has 1 unspecified atom stereocenters. The number of likely N-dealkylation sites (N-methyl/N-ethyl adjacent to an activating group) is 1. The number of hydrogen-bond acceptors (Lipinski definition) is 3. The van der Waals surface area contributed by atoms with Crippen LogP contribution in [0.3, 0.4) is 0 Å². The second-order valence-electron chi connectivity index (χ2n) is 5.28. The third kappa shape index (κ3) is 6.00. The van der Waals surface area contributed by atoms with Gasteiger partial charge in [-0.1, -0.05) is 20.8 Å². The summed E-state index contributed by atoms with van der Waals surface area (Å²) in [6.07, 6.45) is 1.47. The van der Waals surface area contributed by atoms with Crippen LogP contribution in [0.25, 0.3) is 0 Å². The molecular weight excluding hydrogens is 230 g/mol. The lowest BCUT2D eigenvalue weighted by atomic mass is 10.0. The van der Waals surface area contributed by atoms with Crippen molar-refractivity contribution in [1.82, 2.24) is 9.80 Å². The summed E-state index contributed by atoms with van der Waals surface area (Å²) < 4.78 is 0. The maximum absolute atomic E-state index is 12.2. The average molecular weight is 257 g/mol. The zero-order chi connectivity index (χ0) is 14.3. The normalized spacial score (nSPS) is 12.4. The average Bonchev–Trinajstić information content (AvgIpc) is 2.26. The molecule has 106 valence electrons. The van der Waals surface area contributed by atoms with E-state index in [4.69, 9.17) is 5.73 Å².